The fourth-order valence-electron chi connectivity index (χ4n) is 3.70. The summed E-state index contributed by atoms with van der Waals surface area (Å²) in [5.41, 5.74) is 3.86. The number of rotatable bonds is 4. The molecule has 0 aliphatic carbocycles. The van der Waals surface area contributed by atoms with Crippen LogP contribution in [0.25, 0.3) is 16.5 Å². The number of nitrogens with zero attached hydrogens (tertiary/aromatic N) is 2. The number of hydrogen-bond donors (Lipinski definition) is 1. The highest BCUT2D eigenvalue weighted by Gasteiger charge is 2.29. The van der Waals surface area contributed by atoms with Crippen LogP contribution in [0.2, 0.25) is 0 Å². The number of urea groups is 1. The third-order valence-corrected chi connectivity index (χ3v) is 5.79. The standard InChI is InChI=1S/C23H23N3O3S/c1-3-29-22(27)19-15-25(23(28)26(30-2)16-9-5-4-6-10-16)14-13-18-17-11-7-8-12-20(17)24-21(18)19/h4-12,15,24H,3,13-14H2,1-2H3. The molecule has 1 aliphatic rings. The lowest BCUT2D eigenvalue weighted by molar-refractivity contribution is -0.136. The van der Waals surface area contributed by atoms with Gasteiger partial charge in [-0.25, -0.2) is 13.9 Å². The van der Waals surface area contributed by atoms with Gasteiger partial charge in [0.1, 0.15) is 0 Å². The van der Waals surface area contributed by atoms with E-state index >= 15 is 0 Å². The Morgan fingerprint density at radius 1 is 1.13 bits per heavy atom. The highest BCUT2D eigenvalue weighted by Crippen LogP contribution is 2.32. The summed E-state index contributed by atoms with van der Waals surface area (Å²) >= 11 is 1.33. The predicted octanol–water partition coefficient (Wildman–Crippen LogP) is 4.83. The lowest BCUT2D eigenvalue weighted by Gasteiger charge is -2.26. The predicted molar refractivity (Wildman–Crippen MR) is 121 cm³/mol. The first kappa shape index (κ1) is 20.1. The Bertz CT molecular complexity index is 1110. The molecule has 2 aromatic carbocycles. The Morgan fingerprint density at radius 3 is 2.60 bits per heavy atom. The number of para-hydroxylation sites is 2. The first-order valence-corrected chi connectivity index (χ1v) is 11.0. The van der Waals surface area contributed by atoms with Crippen molar-refractivity contribution in [3.8, 4) is 0 Å². The molecule has 0 atom stereocenters. The Hall–Kier alpha value is -3.19. The van der Waals surface area contributed by atoms with Gasteiger partial charge in [-0.05, 0) is 49.1 Å². The van der Waals surface area contributed by atoms with Crippen molar-refractivity contribution in [2.75, 3.05) is 23.7 Å². The number of nitrogens with one attached hydrogen (secondary N) is 1. The summed E-state index contributed by atoms with van der Waals surface area (Å²) in [7, 11) is 0. The number of aromatic amines is 1. The van der Waals surface area contributed by atoms with Crippen LogP contribution >= 0.6 is 11.9 Å². The zero-order valence-electron chi connectivity index (χ0n) is 16.9. The second-order valence-electron chi connectivity index (χ2n) is 6.83. The summed E-state index contributed by atoms with van der Waals surface area (Å²) in [6.45, 7) is 2.50. The lowest BCUT2D eigenvalue weighted by atomic mass is 10.0. The largest absolute Gasteiger partial charge is 0.462 e. The van der Waals surface area contributed by atoms with Gasteiger partial charge in [0.2, 0.25) is 0 Å². The smallest absolute Gasteiger partial charge is 0.341 e. The van der Waals surface area contributed by atoms with Crippen molar-refractivity contribution in [2.45, 2.75) is 13.3 Å². The molecule has 0 fully saturated rings. The summed E-state index contributed by atoms with van der Waals surface area (Å²) in [5.74, 6) is -0.444. The first-order valence-electron chi connectivity index (χ1n) is 9.82. The second kappa shape index (κ2) is 8.67. The monoisotopic (exact) mass is 421 g/mol. The normalized spacial score (nSPS) is 13.4. The highest BCUT2D eigenvalue weighted by molar-refractivity contribution is 8.00. The molecule has 4 rings (SSSR count). The van der Waals surface area contributed by atoms with Crippen LogP contribution in [-0.2, 0) is 16.0 Å². The minimum atomic E-state index is -0.444. The number of aromatic nitrogens is 1. The van der Waals surface area contributed by atoms with E-state index in [1.165, 1.54) is 11.9 Å². The van der Waals surface area contributed by atoms with E-state index < -0.39 is 5.97 Å². The van der Waals surface area contributed by atoms with Crippen LogP contribution in [-0.4, -0.2) is 41.3 Å². The summed E-state index contributed by atoms with van der Waals surface area (Å²) in [6.07, 6.45) is 4.10. The fourth-order valence-corrected chi connectivity index (χ4v) is 4.29. The van der Waals surface area contributed by atoms with Gasteiger partial charge in [0.25, 0.3) is 0 Å². The molecule has 1 aliphatic heterocycles. The van der Waals surface area contributed by atoms with E-state index in [1.54, 1.807) is 22.3 Å². The maximum absolute atomic E-state index is 13.4. The summed E-state index contributed by atoms with van der Waals surface area (Å²) in [4.78, 5) is 31.1. The third-order valence-electron chi connectivity index (χ3n) is 5.06. The first-order chi connectivity index (χ1) is 14.6. The third kappa shape index (κ3) is 3.68. The van der Waals surface area contributed by atoms with Crippen molar-refractivity contribution in [1.29, 1.82) is 0 Å². The maximum atomic E-state index is 13.4. The van der Waals surface area contributed by atoms with E-state index in [0.29, 0.717) is 18.5 Å². The van der Waals surface area contributed by atoms with Crippen molar-refractivity contribution in [2.24, 2.45) is 0 Å². The number of hydrogen-bond acceptors (Lipinski definition) is 4. The number of carbonyl (C=O) groups is 2. The zero-order chi connectivity index (χ0) is 21.1. The number of ether oxygens (including phenoxy) is 1. The second-order valence-corrected chi connectivity index (χ2v) is 7.56. The van der Waals surface area contributed by atoms with Gasteiger partial charge in [0.05, 0.1) is 23.6 Å². The molecule has 0 unspecified atom stereocenters. The van der Waals surface area contributed by atoms with Crippen LogP contribution in [0.3, 0.4) is 0 Å². The van der Waals surface area contributed by atoms with Gasteiger partial charge in [0.15, 0.2) is 0 Å². The molecule has 30 heavy (non-hydrogen) atoms. The average Bonchev–Trinajstić information content (AvgIpc) is 3.02. The Labute approximate surface area is 179 Å². The molecule has 2 heterocycles. The molecular weight excluding hydrogens is 398 g/mol. The number of anilines is 1. The number of esters is 1. The zero-order valence-corrected chi connectivity index (χ0v) is 17.7. The van der Waals surface area contributed by atoms with E-state index in [4.69, 9.17) is 4.74 Å². The van der Waals surface area contributed by atoms with Gasteiger partial charge in [0, 0.05) is 29.9 Å². The van der Waals surface area contributed by atoms with Gasteiger partial charge < -0.3 is 9.72 Å². The van der Waals surface area contributed by atoms with Crippen LogP contribution in [0.1, 0.15) is 18.2 Å². The average molecular weight is 422 g/mol. The van der Waals surface area contributed by atoms with Gasteiger partial charge in [-0.1, -0.05) is 36.4 Å². The maximum Gasteiger partial charge on any atom is 0.341 e. The molecule has 0 saturated heterocycles. The number of fused-ring (bicyclic) bond motifs is 3. The number of amides is 2. The van der Waals surface area contributed by atoms with Gasteiger partial charge in [-0.15, -0.1) is 0 Å². The van der Waals surface area contributed by atoms with Crippen molar-refractivity contribution in [3.05, 3.63) is 72.1 Å². The summed E-state index contributed by atoms with van der Waals surface area (Å²) in [6, 6.07) is 17.2. The van der Waals surface area contributed by atoms with Gasteiger partial charge in [-0.2, -0.15) is 0 Å². The van der Waals surface area contributed by atoms with Crippen LogP contribution in [0.5, 0.6) is 0 Å². The van der Waals surface area contributed by atoms with E-state index in [1.807, 2.05) is 60.9 Å². The van der Waals surface area contributed by atoms with Crippen LogP contribution in [0, 0.1) is 0 Å². The minimum absolute atomic E-state index is 0.204. The highest BCUT2D eigenvalue weighted by atomic mass is 32.2. The number of benzene rings is 2. The Morgan fingerprint density at radius 2 is 1.87 bits per heavy atom. The minimum Gasteiger partial charge on any atom is -0.462 e. The number of carbonyl (C=O) groups excluding carboxylic acids is 2. The molecule has 0 saturated carbocycles. The molecule has 3 aromatic rings. The molecule has 2 amide bonds. The lowest BCUT2D eigenvalue weighted by Crippen LogP contribution is -2.37. The molecule has 1 N–H and O–H groups in total. The SMILES string of the molecule is CCOC(=O)C1=CN(C(=O)N(SC)c2ccccc2)CCc2c1[nH]c1ccccc21. The Kier molecular flexibility index (Phi) is 5.81. The van der Waals surface area contributed by atoms with Crippen molar-refractivity contribution >= 4 is 46.1 Å². The van der Waals surface area contributed by atoms with Crippen LogP contribution in [0.4, 0.5) is 10.5 Å². The fraction of sp³-hybridized carbons (Fsp3) is 0.217. The van der Waals surface area contributed by atoms with E-state index in [9.17, 15) is 9.59 Å². The van der Waals surface area contributed by atoms with Crippen molar-refractivity contribution in [3.63, 3.8) is 0 Å². The van der Waals surface area contributed by atoms with Gasteiger partial charge >= 0.3 is 12.0 Å². The number of H-pyrrole nitrogens is 1. The quantitative estimate of drug-likeness (QED) is 0.484. The van der Waals surface area contributed by atoms with E-state index in [2.05, 4.69) is 4.98 Å². The topological polar surface area (TPSA) is 65.6 Å². The van der Waals surface area contributed by atoms with Crippen molar-refractivity contribution in [1.82, 2.24) is 9.88 Å². The summed E-state index contributed by atoms with van der Waals surface area (Å²) in [5, 5.41) is 1.06. The molecule has 0 bridgehead atoms. The molecule has 154 valence electrons. The van der Waals surface area contributed by atoms with Crippen molar-refractivity contribution < 1.29 is 14.3 Å². The Balaban J connectivity index is 1.76. The molecular formula is C23H23N3O3S. The van der Waals surface area contributed by atoms with E-state index in [0.717, 1.165) is 27.8 Å². The van der Waals surface area contributed by atoms with E-state index in [-0.39, 0.29) is 12.6 Å². The van der Waals surface area contributed by atoms with Crippen LogP contribution < -0.4 is 4.31 Å². The summed E-state index contributed by atoms with van der Waals surface area (Å²) < 4.78 is 6.93. The molecule has 0 radical (unpaired) electrons. The van der Waals surface area contributed by atoms with Crippen LogP contribution in [0.15, 0.2) is 60.8 Å². The van der Waals surface area contributed by atoms with Gasteiger partial charge in [-0.3, -0.25) is 4.90 Å². The molecule has 1 aromatic heterocycles. The molecule has 6 nitrogen and oxygen atoms in total. The molecule has 7 heteroatoms. The molecule has 0 spiro atoms.